The van der Waals surface area contributed by atoms with Gasteiger partial charge in [-0.2, -0.15) is 0 Å². The topological polar surface area (TPSA) is 71.3 Å². The molecule has 2 aromatic heterocycles. The number of imidazole rings is 1. The molecule has 0 spiro atoms. The monoisotopic (exact) mass is 393 g/mol. The highest BCUT2D eigenvalue weighted by Gasteiger charge is 2.45. The fourth-order valence-corrected chi connectivity index (χ4v) is 4.87. The van der Waals surface area contributed by atoms with Crippen molar-refractivity contribution >= 4 is 23.2 Å². The van der Waals surface area contributed by atoms with E-state index in [4.69, 9.17) is 4.98 Å². The highest BCUT2D eigenvalue weighted by atomic mass is 32.1. The van der Waals surface area contributed by atoms with Crippen LogP contribution in [-0.2, 0) is 9.59 Å². The first-order valence-corrected chi connectivity index (χ1v) is 10.1. The number of carbonyl (C=O) groups excluding carboxylic acids is 2. The van der Waals surface area contributed by atoms with Gasteiger partial charge in [0.2, 0.25) is 11.8 Å². The molecule has 142 valence electrons. The molecule has 0 aliphatic carbocycles. The second-order valence-electron chi connectivity index (χ2n) is 7.21. The van der Waals surface area contributed by atoms with Gasteiger partial charge in [-0.05, 0) is 6.42 Å². The molecule has 8 heteroatoms. The van der Waals surface area contributed by atoms with Crippen molar-refractivity contribution in [2.75, 3.05) is 20.1 Å². The Morgan fingerprint density at radius 3 is 2.82 bits per heavy atom. The Kier molecular flexibility index (Phi) is 4.01. The molecule has 2 fully saturated rings. The summed E-state index contributed by atoms with van der Waals surface area (Å²) >= 11 is 1.55. The van der Waals surface area contributed by atoms with Gasteiger partial charge in [0, 0.05) is 36.9 Å². The fraction of sp³-hybridized carbons (Fsp3) is 0.300. The Labute approximate surface area is 166 Å². The van der Waals surface area contributed by atoms with Gasteiger partial charge in [-0.15, -0.1) is 11.3 Å². The van der Waals surface area contributed by atoms with Crippen LogP contribution in [-0.4, -0.2) is 62.3 Å². The number of rotatable bonds is 3. The molecule has 0 bridgehead atoms. The first kappa shape index (κ1) is 17.1. The molecule has 5 rings (SSSR count). The van der Waals surface area contributed by atoms with Crippen molar-refractivity contribution < 1.29 is 9.59 Å². The van der Waals surface area contributed by atoms with Gasteiger partial charge in [0.15, 0.2) is 10.8 Å². The highest BCUT2D eigenvalue weighted by Crippen LogP contribution is 2.35. The third-order valence-corrected chi connectivity index (χ3v) is 6.30. The van der Waals surface area contributed by atoms with Gasteiger partial charge in [-0.3, -0.25) is 9.59 Å². The lowest BCUT2D eigenvalue weighted by atomic mass is 10.1. The zero-order valence-electron chi connectivity index (χ0n) is 15.4. The normalized spacial score (nSPS) is 22.0. The summed E-state index contributed by atoms with van der Waals surface area (Å²) in [6, 6.07) is 9.69. The van der Waals surface area contributed by atoms with Gasteiger partial charge in [0.1, 0.15) is 6.04 Å². The highest BCUT2D eigenvalue weighted by molar-refractivity contribution is 7.13. The first-order valence-electron chi connectivity index (χ1n) is 9.20. The molecule has 2 aliphatic heterocycles. The maximum atomic E-state index is 12.5. The van der Waals surface area contributed by atoms with Gasteiger partial charge < -0.3 is 14.4 Å². The van der Waals surface area contributed by atoms with E-state index in [0.29, 0.717) is 13.0 Å². The summed E-state index contributed by atoms with van der Waals surface area (Å²) in [6.07, 6.45) is 4.28. The molecule has 4 heterocycles. The summed E-state index contributed by atoms with van der Waals surface area (Å²) in [7, 11) is 1.69. The minimum atomic E-state index is -0.373. The van der Waals surface area contributed by atoms with E-state index in [0.717, 1.165) is 22.1 Å². The molecular weight excluding hydrogens is 374 g/mol. The van der Waals surface area contributed by atoms with Crippen LogP contribution >= 0.6 is 11.3 Å². The van der Waals surface area contributed by atoms with E-state index >= 15 is 0 Å². The average Bonchev–Trinajstić information content (AvgIpc) is 3.45. The van der Waals surface area contributed by atoms with Crippen LogP contribution in [0.15, 0.2) is 48.1 Å². The van der Waals surface area contributed by atoms with Crippen LogP contribution < -0.4 is 0 Å². The minimum Gasteiger partial charge on any atom is -0.335 e. The smallest absolute Gasteiger partial charge is 0.245 e. The van der Waals surface area contributed by atoms with E-state index in [1.165, 1.54) is 4.90 Å². The zero-order chi connectivity index (χ0) is 19.3. The van der Waals surface area contributed by atoms with Gasteiger partial charge in [0.05, 0.1) is 18.3 Å². The Morgan fingerprint density at radius 1 is 1.18 bits per heavy atom. The largest absolute Gasteiger partial charge is 0.335 e. The van der Waals surface area contributed by atoms with Crippen molar-refractivity contribution in [1.29, 1.82) is 0 Å². The number of carbonyl (C=O) groups is 2. The summed E-state index contributed by atoms with van der Waals surface area (Å²) in [5.41, 5.74) is 1.99. The maximum Gasteiger partial charge on any atom is 0.245 e. The average molecular weight is 393 g/mol. The number of fused-ring (bicyclic) bond motifs is 1. The molecule has 2 aliphatic rings. The number of aromatic nitrogens is 3. The number of hydrogen-bond acceptors (Lipinski definition) is 5. The zero-order valence-corrected chi connectivity index (χ0v) is 16.2. The van der Waals surface area contributed by atoms with E-state index in [1.807, 2.05) is 41.9 Å². The summed E-state index contributed by atoms with van der Waals surface area (Å²) < 4.78 is 2.06. The molecular formula is C20H19N5O2S. The van der Waals surface area contributed by atoms with E-state index in [2.05, 4.69) is 9.55 Å². The number of benzene rings is 1. The van der Waals surface area contributed by atoms with Crippen LogP contribution in [0.1, 0.15) is 12.5 Å². The van der Waals surface area contributed by atoms with Crippen LogP contribution in [0, 0.1) is 0 Å². The summed E-state index contributed by atoms with van der Waals surface area (Å²) in [5, 5.41) is 2.87. The lowest BCUT2D eigenvalue weighted by Gasteiger charge is -2.33. The van der Waals surface area contributed by atoms with Gasteiger partial charge >= 0.3 is 0 Å². The van der Waals surface area contributed by atoms with E-state index in [9.17, 15) is 9.59 Å². The summed E-state index contributed by atoms with van der Waals surface area (Å²) in [6.45, 7) is 0.690. The van der Waals surface area contributed by atoms with Crippen LogP contribution in [0.25, 0.3) is 22.1 Å². The SMILES string of the molecule is CN1CC(=O)N2C[C@H](n3ccnc3-c3nc(-c4ccccc4)cs3)C[C@H]2C1=O. The molecule has 0 radical (unpaired) electrons. The Bertz CT molecular complexity index is 1040. The second-order valence-corrected chi connectivity index (χ2v) is 8.07. The van der Waals surface area contributed by atoms with Crippen molar-refractivity contribution in [2.24, 2.45) is 0 Å². The molecule has 0 saturated carbocycles. The molecule has 7 nitrogen and oxygen atoms in total. The second kappa shape index (κ2) is 6.56. The maximum absolute atomic E-state index is 12.5. The number of piperazine rings is 1. The summed E-state index contributed by atoms with van der Waals surface area (Å²) in [4.78, 5) is 37.4. The summed E-state index contributed by atoms with van der Waals surface area (Å²) in [5.74, 6) is 0.812. The first-order chi connectivity index (χ1) is 13.6. The van der Waals surface area contributed by atoms with Crippen molar-refractivity contribution in [3.8, 4) is 22.1 Å². The predicted molar refractivity (Wildman–Crippen MR) is 106 cm³/mol. The van der Waals surface area contributed by atoms with E-state index in [-0.39, 0.29) is 30.4 Å². The molecule has 2 saturated heterocycles. The molecule has 0 N–H and O–H groups in total. The Hall–Kier alpha value is -3.00. The number of hydrogen-bond donors (Lipinski definition) is 0. The molecule has 3 aromatic rings. The van der Waals surface area contributed by atoms with Crippen LogP contribution in [0.5, 0.6) is 0 Å². The standard InChI is InChI=1S/C20H19N5O2S/c1-23-11-17(26)25-10-14(9-16(25)20(23)27)24-8-7-21-18(24)19-22-15(12-28-19)13-5-3-2-4-6-13/h2-8,12,14,16H,9-11H2,1H3/t14-,16+/m1/s1. The van der Waals surface area contributed by atoms with E-state index in [1.54, 1.807) is 29.5 Å². The number of amides is 2. The Morgan fingerprint density at radius 2 is 2.00 bits per heavy atom. The van der Waals surface area contributed by atoms with Gasteiger partial charge in [0.25, 0.3) is 0 Å². The van der Waals surface area contributed by atoms with E-state index < -0.39 is 0 Å². The van der Waals surface area contributed by atoms with Crippen LogP contribution in [0.4, 0.5) is 0 Å². The van der Waals surface area contributed by atoms with Crippen LogP contribution in [0.2, 0.25) is 0 Å². The van der Waals surface area contributed by atoms with Crippen LogP contribution in [0.3, 0.4) is 0 Å². The number of nitrogens with zero attached hydrogens (tertiary/aromatic N) is 5. The lowest BCUT2D eigenvalue weighted by molar-refractivity contribution is -0.152. The quantitative estimate of drug-likeness (QED) is 0.685. The lowest BCUT2D eigenvalue weighted by Crippen LogP contribution is -2.55. The van der Waals surface area contributed by atoms with Crippen molar-refractivity contribution in [1.82, 2.24) is 24.3 Å². The van der Waals surface area contributed by atoms with Crippen molar-refractivity contribution in [2.45, 2.75) is 18.5 Å². The number of thiazole rings is 1. The minimum absolute atomic E-state index is 0.0110. The van der Waals surface area contributed by atoms with Gasteiger partial charge in [-0.1, -0.05) is 30.3 Å². The fourth-order valence-electron chi connectivity index (χ4n) is 4.04. The third-order valence-electron chi connectivity index (χ3n) is 5.46. The van der Waals surface area contributed by atoms with Crippen molar-refractivity contribution in [3.05, 3.63) is 48.1 Å². The molecule has 0 unspecified atom stereocenters. The number of likely N-dealkylation sites (N-methyl/N-ethyl adjacent to an activating group) is 1. The molecule has 1 aromatic carbocycles. The Balaban J connectivity index is 1.44. The third kappa shape index (κ3) is 2.72. The molecule has 28 heavy (non-hydrogen) atoms. The molecule has 2 atom stereocenters. The van der Waals surface area contributed by atoms with Crippen molar-refractivity contribution in [3.63, 3.8) is 0 Å². The van der Waals surface area contributed by atoms with Gasteiger partial charge in [-0.25, -0.2) is 9.97 Å². The molecule has 2 amide bonds. The predicted octanol–water partition coefficient (Wildman–Crippen LogP) is 2.29.